The van der Waals surface area contributed by atoms with E-state index in [4.69, 9.17) is 29.0 Å². The van der Waals surface area contributed by atoms with Gasteiger partial charge in [-0.3, -0.25) is 14.5 Å². The minimum Gasteiger partial charge on any atom is -0.649 e. The summed E-state index contributed by atoms with van der Waals surface area (Å²) in [6.07, 6.45) is -4.96. The van der Waals surface area contributed by atoms with Crippen molar-refractivity contribution in [2.45, 2.75) is 74.9 Å². The van der Waals surface area contributed by atoms with Gasteiger partial charge in [-0.25, -0.2) is 4.79 Å². The number of amides is 1. The standard InChI is InChI=1S/C32H30F3N4O9S/c1-11-5-14-6-15-17(7-36)39-18-8-45-30(42)16(38-31(43)32(33,34)35)9-49-29(23(39)22(37-15)19(14)24(41)25(11)44-4)21-20(18)28-27(46-10-47-28)12(2)26(21)48-13(3)40/h5,15-18,22-23,29,41H,6,8-10H2,1-4H3,(H,38,43)/q-1/t15-,16-,17-,18-,22+,23?,29+/m0/s1. The molecular formula is C32H30F3N4O9S-. The maximum absolute atomic E-state index is 13.3. The molecule has 7 rings (SSSR count). The number of nitrogens with one attached hydrogen (secondary N) is 1. The Balaban J connectivity index is 1.49. The highest BCUT2D eigenvalue weighted by Gasteiger charge is 2.55. The van der Waals surface area contributed by atoms with E-state index in [0.717, 1.165) is 17.3 Å². The SMILES string of the molecule is COc1c(C)cc2c(c1O)[C@H]1[N-][C@@H](C2)[C@H](C#N)N2C1[C@@H]1SC[C@H](NC(=O)C(F)(F)F)C(=O)OC[C@H]2c2c3c(c(C)c(OC(C)=O)c21)OCO3. The predicted octanol–water partition coefficient (Wildman–Crippen LogP) is 3.72. The van der Waals surface area contributed by atoms with Gasteiger partial charge in [-0.2, -0.15) is 18.4 Å². The zero-order valence-electron chi connectivity index (χ0n) is 26.5. The van der Waals surface area contributed by atoms with Crippen LogP contribution >= 0.6 is 11.8 Å². The van der Waals surface area contributed by atoms with Gasteiger partial charge in [0.1, 0.15) is 18.4 Å². The van der Waals surface area contributed by atoms with Crippen LogP contribution in [0, 0.1) is 25.2 Å². The molecule has 17 heteroatoms. The van der Waals surface area contributed by atoms with Gasteiger partial charge in [-0.05, 0) is 37.0 Å². The quantitative estimate of drug-likeness (QED) is 0.351. The largest absolute Gasteiger partial charge is 0.649 e. The Morgan fingerprint density at radius 2 is 1.90 bits per heavy atom. The molecule has 0 aliphatic carbocycles. The number of aryl methyl sites for hydroxylation is 1. The van der Waals surface area contributed by atoms with Crippen LogP contribution in [0.1, 0.15) is 57.6 Å². The van der Waals surface area contributed by atoms with Crippen molar-refractivity contribution in [3.8, 4) is 34.8 Å². The first-order chi connectivity index (χ1) is 23.3. The van der Waals surface area contributed by atoms with Gasteiger partial charge in [0.2, 0.25) is 6.79 Å². The van der Waals surface area contributed by atoms with Crippen LogP contribution < -0.4 is 24.3 Å². The normalized spacial score (nSPS) is 28.3. The fourth-order valence-electron chi connectivity index (χ4n) is 7.79. The summed E-state index contributed by atoms with van der Waals surface area (Å²) in [5.74, 6) is -3.68. The Labute approximate surface area is 281 Å². The lowest BCUT2D eigenvalue weighted by atomic mass is 9.72. The number of ether oxygens (including phenoxy) is 5. The molecule has 5 aliphatic heterocycles. The van der Waals surface area contributed by atoms with E-state index in [-0.39, 0.29) is 24.0 Å². The number of carbonyl (C=O) groups excluding carboxylic acids is 3. The van der Waals surface area contributed by atoms with E-state index in [1.54, 1.807) is 19.2 Å². The monoisotopic (exact) mass is 703 g/mol. The van der Waals surface area contributed by atoms with E-state index in [1.807, 2.05) is 11.0 Å². The van der Waals surface area contributed by atoms with E-state index in [1.165, 1.54) is 14.0 Å². The molecule has 0 radical (unpaired) electrons. The number of carbonyl (C=O) groups is 3. The molecule has 260 valence electrons. The molecule has 0 spiro atoms. The lowest BCUT2D eigenvalue weighted by molar-refractivity contribution is -0.175. The number of nitrogens with zero attached hydrogens (tertiary/aromatic N) is 3. The molecule has 2 fully saturated rings. The van der Waals surface area contributed by atoms with Crippen LogP contribution in [0.3, 0.4) is 0 Å². The van der Waals surface area contributed by atoms with Crippen molar-refractivity contribution >= 4 is 29.6 Å². The van der Waals surface area contributed by atoms with Crippen molar-refractivity contribution in [3.05, 3.63) is 44.8 Å². The van der Waals surface area contributed by atoms with E-state index in [2.05, 4.69) is 6.07 Å². The zero-order chi connectivity index (χ0) is 35.1. The topological polar surface area (TPSA) is 171 Å². The Bertz CT molecular complexity index is 1830. The van der Waals surface area contributed by atoms with Crippen LogP contribution in [0.4, 0.5) is 13.2 Å². The second-order valence-electron chi connectivity index (χ2n) is 12.4. The zero-order valence-corrected chi connectivity index (χ0v) is 27.4. The molecule has 5 aliphatic rings. The van der Waals surface area contributed by atoms with Gasteiger partial charge in [0.25, 0.3) is 0 Å². The van der Waals surface area contributed by atoms with Crippen LogP contribution in [0.2, 0.25) is 0 Å². The third-order valence-electron chi connectivity index (χ3n) is 9.61. The van der Waals surface area contributed by atoms with E-state index < -0.39 is 77.9 Å². The number of rotatable bonds is 3. The summed E-state index contributed by atoms with van der Waals surface area (Å²) >= 11 is 1.00. The minimum atomic E-state index is -5.27. The number of cyclic esters (lactones) is 1. The number of piperazine rings is 1. The Kier molecular flexibility index (Phi) is 8.03. The predicted molar refractivity (Wildman–Crippen MR) is 164 cm³/mol. The molecule has 2 N–H and O–H groups in total. The number of phenolic OH excluding ortho intramolecular Hbond substituents is 1. The molecule has 2 saturated heterocycles. The number of methoxy groups -OCH3 is 1. The molecule has 13 nitrogen and oxygen atoms in total. The molecule has 0 saturated carbocycles. The highest BCUT2D eigenvalue weighted by molar-refractivity contribution is 7.99. The number of fused-ring (bicyclic) bond motifs is 9. The number of hydrogen-bond donors (Lipinski definition) is 2. The van der Waals surface area contributed by atoms with Crippen molar-refractivity contribution in [2.24, 2.45) is 0 Å². The molecule has 0 aromatic heterocycles. The highest BCUT2D eigenvalue weighted by atomic mass is 32.2. The van der Waals surface area contributed by atoms with Gasteiger partial charge in [-0.15, -0.1) is 17.8 Å². The van der Waals surface area contributed by atoms with Gasteiger partial charge in [0, 0.05) is 40.7 Å². The molecule has 5 heterocycles. The average Bonchev–Trinajstić information content (AvgIpc) is 3.53. The van der Waals surface area contributed by atoms with E-state index in [0.29, 0.717) is 45.7 Å². The number of hydrogen-bond acceptors (Lipinski definition) is 12. The third-order valence-corrected chi connectivity index (χ3v) is 11.0. The summed E-state index contributed by atoms with van der Waals surface area (Å²) in [5, 5.41) is 28.3. The number of thioether (sulfide) groups is 1. The first-order valence-electron chi connectivity index (χ1n) is 15.3. The van der Waals surface area contributed by atoms with Crippen LogP contribution in [0.5, 0.6) is 28.7 Å². The Morgan fingerprint density at radius 1 is 1.16 bits per heavy atom. The number of phenols is 1. The summed E-state index contributed by atoms with van der Waals surface area (Å²) < 4.78 is 68.8. The minimum absolute atomic E-state index is 0.119. The summed E-state index contributed by atoms with van der Waals surface area (Å²) in [5.41, 5.74) is 3.15. The lowest BCUT2D eigenvalue weighted by Crippen LogP contribution is -2.63. The second kappa shape index (κ2) is 11.9. The first kappa shape index (κ1) is 33.1. The van der Waals surface area contributed by atoms with Gasteiger partial charge >= 0.3 is 24.0 Å². The molecule has 2 aromatic carbocycles. The van der Waals surface area contributed by atoms with Crippen LogP contribution in [-0.2, 0) is 25.5 Å². The molecule has 49 heavy (non-hydrogen) atoms. The maximum Gasteiger partial charge on any atom is 0.471 e. The van der Waals surface area contributed by atoms with E-state index in [9.17, 15) is 37.9 Å². The van der Waals surface area contributed by atoms with Crippen molar-refractivity contribution in [1.82, 2.24) is 10.2 Å². The van der Waals surface area contributed by atoms with Gasteiger partial charge in [0.15, 0.2) is 23.0 Å². The summed E-state index contributed by atoms with van der Waals surface area (Å²) in [6.45, 7) is 4.02. The van der Waals surface area contributed by atoms with Gasteiger partial charge in [-0.1, -0.05) is 12.1 Å². The number of benzene rings is 2. The van der Waals surface area contributed by atoms with Crippen LogP contribution in [0.25, 0.3) is 5.32 Å². The van der Waals surface area contributed by atoms with Crippen molar-refractivity contribution in [1.29, 1.82) is 5.26 Å². The smallest absolute Gasteiger partial charge is 0.471 e. The summed E-state index contributed by atoms with van der Waals surface area (Å²) in [6, 6.07) is -1.54. The Hall–Kier alpha value is -4.40. The number of esters is 2. The average molecular weight is 704 g/mol. The summed E-state index contributed by atoms with van der Waals surface area (Å²) in [4.78, 5) is 39.8. The summed E-state index contributed by atoms with van der Waals surface area (Å²) in [7, 11) is 1.42. The number of aromatic hydroxyl groups is 1. The fourth-order valence-corrected chi connectivity index (χ4v) is 9.30. The number of nitriles is 1. The van der Waals surface area contributed by atoms with Crippen molar-refractivity contribution in [3.63, 3.8) is 0 Å². The third kappa shape index (κ3) is 5.10. The maximum atomic E-state index is 13.3. The van der Waals surface area contributed by atoms with Crippen molar-refractivity contribution in [2.75, 3.05) is 26.3 Å². The second-order valence-corrected chi connectivity index (χ2v) is 13.6. The number of halogens is 3. The molecule has 1 amide bonds. The van der Waals surface area contributed by atoms with Crippen molar-refractivity contribution < 1.29 is 56.3 Å². The van der Waals surface area contributed by atoms with E-state index >= 15 is 0 Å². The molecule has 4 bridgehead atoms. The molecule has 2 aromatic rings. The molecular weight excluding hydrogens is 673 g/mol. The van der Waals surface area contributed by atoms with Gasteiger partial charge in [0.05, 0.1) is 25.3 Å². The molecule has 7 atom stereocenters. The Morgan fingerprint density at radius 3 is 2.57 bits per heavy atom. The van der Waals surface area contributed by atoms with Gasteiger partial charge < -0.3 is 39.4 Å². The number of alkyl halides is 3. The fraction of sp³-hybridized carbons (Fsp3) is 0.500. The highest BCUT2D eigenvalue weighted by Crippen LogP contribution is 2.64. The lowest BCUT2D eigenvalue weighted by Gasteiger charge is -2.65. The van der Waals surface area contributed by atoms with Crippen LogP contribution in [-0.4, -0.2) is 84.5 Å². The molecule has 1 unspecified atom stereocenters. The first-order valence-corrected chi connectivity index (χ1v) is 16.4. The van der Waals surface area contributed by atoms with Crippen LogP contribution in [0.15, 0.2) is 6.07 Å².